The highest BCUT2D eigenvalue weighted by Crippen LogP contribution is 2.25. The van der Waals surface area contributed by atoms with Crippen molar-refractivity contribution in [2.24, 2.45) is 0 Å². The van der Waals surface area contributed by atoms with Gasteiger partial charge in [-0.15, -0.1) is 0 Å². The fourth-order valence-electron chi connectivity index (χ4n) is 2.75. The Morgan fingerprint density at radius 1 is 1.32 bits per heavy atom. The lowest BCUT2D eigenvalue weighted by Crippen LogP contribution is -2.56. The van der Waals surface area contributed by atoms with Gasteiger partial charge in [0.25, 0.3) is 0 Å². The standard InChI is InChI=1S/C15H19N3O/c1-15(13-5-3-2-4-6-13)12-18(10-9-16-15)11-14-7-8-17-19-14/h2-8,16H,9-12H2,1H3. The van der Waals surface area contributed by atoms with Crippen LogP contribution in [0.2, 0.25) is 0 Å². The van der Waals surface area contributed by atoms with Gasteiger partial charge in [0.05, 0.1) is 18.3 Å². The molecule has 0 saturated carbocycles. The smallest absolute Gasteiger partial charge is 0.150 e. The van der Waals surface area contributed by atoms with Crippen LogP contribution in [0.1, 0.15) is 18.2 Å². The summed E-state index contributed by atoms with van der Waals surface area (Å²) in [6, 6.07) is 12.6. The molecule has 0 radical (unpaired) electrons. The molecule has 2 heterocycles. The molecule has 1 aliphatic rings. The lowest BCUT2D eigenvalue weighted by atomic mass is 9.89. The lowest BCUT2D eigenvalue weighted by molar-refractivity contribution is 0.125. The molecule has 0 aliphatic carbocycles. The summed E-state index contributed by atoms with van der Waals surface area (Å²) in [5.74, 6) is 0.928. The third kappa shape index (κ3) is 2.69. The molecule has 1 unspecified atom stereocenters. The van der Waals surface area contributed by atoms with Crippen molar-refractivity contribution >= 4 is 0 Å². The number of nitrogens with zero attached hydrogens (tertiary/aromatic N) is 2. The molecule has 4 heteroatoms. The largest absolute Gasteiger partial charge is 0.360 e. The molecule has 1 aliphatic heterocycles. The van der Waals surface area contributed by atoms with Crippen LogP contribution in [0.25, 0.3) is 0 Å². The molecule has 1 aromatic heterocycles. The predicted octanol–water partition coefficient (Wildman–Crippen LogP) is 2.00. The van der Waals surface area contributed by atoms with Gasteiger partial charge in [0.2, 0.25) is 0 Å². The molecule has 1 saturated heterocycles. The third-order valence-electron chi connectivity index (χ3n) is 3.76. The number of hydrogen-bond acceptors (Lipinski definition) is 4. The van der Waals surface area contributed by atoms with E-state index in [1.54, 1.807) is 6.20 Å². The molecular formula is C15H19N3O. The Labute approximate surface area is 113 Å². The zero-order valence-corrected chi connectivity index (χ0v) is 11.2. The summed E-state index contributed by atoms with van der Waals surface area (Å²) in [6.07, 6.45) is 1.70. The minimum atomic E-state index is -0.000465. The Kier molecular flexibility index (Phi) is 3.36. The maximum Gasteiger partial charge on any atom is 0.150 e. The number of nitrogens with one attached hydrogen (secondary N) is 1. The molecule has 4 nitrogen and oxygen atoms in total. The van der Waals surface area contributed by atoms with E-state index in [1.807, 2.05) is 6.07 Å². The SMILES string of the molecule is CC1(c2ccccc2)CN(Cc2ccno2)CCN1. The molecule has 19 heavy (non-hydrogen) atoms. The van der Waals surface area contributed by atoms with Crippen molar-refractivity contribution in [3.63, 3.8) is 0 Å². The summed E-state index contributed by atoms with van der Waals surface area (Å²) in [6.45, 7) is 6.07. The summed E-state index contributed by atoms with van der Waals surface area (Å²) >= 11 is 0. The van der Waals surface area contributed by atoms with E-state index < -0.39 is 0 Å². The van der Waals surface area contributed by atoms with Crippen LogP contribution < -0.4 is 5.32 Å². The molecule has 0 amide bonds. The van der Waals surface area contributed by atoms with Gasteiger partial charge in [0.1, 0.15) is 0 Å². The molecule has 3 rings (SSSR count). The van der Waals surface area contributed by atoms with E-state index in [0.717, 1.165) is 31.9 Å². The first-order valence-electron chi connectivity index (χ1n) is 6.69. The van der Waals surface area contributed by atoms with E-state index in [9.17, 15) is 0 Å². The number of piperazine rings is 1. The van der Waals surface area contributed by atoms with Gasteiger partial charge in [0, 0.05) is 25.7 Å². The van der Waals surface area contributed by atoms with Gasteiger partial charge in [-0.1, -0.05) is 35.5 Å². The summed E-state index contributed by atoms with van der Waals surface area (Å²) in [7, 11) is 0. The Morgan fingerprint density at radius 2 is 2.16 bits per heavy atom. The van der Waals surface area contributed by atoms with E-state index in [-0.39, 0.29) is 5.54 Å². The highest BCUT2D eigenvalue weighted by molar-refractivity contribution is 5.24. The first-order valence-corrected chi connectivity index (χ1v) is 6.69. The summed E-state index contributed by atoms with van der Waals surface area (Å²) in [4.78, 5) is 2.41. The van der Waals surface area contributed by atoms with Crippen LogP contribution in [-0.2, 0) is 12.1 Å². The van der Waals surface area contributed by atoms with Gasteiger partial charge in [-0.05, 0) is 12.5 Å². The Hall–Kier alpha value is -1.65. The maximum absolute atomic E-state index is 5.20. The Morgan fingerprint density at radius 3 is 2.89 bits per heavy atom. The van der Waals surface area contributed by atoms with E-state index in [4.69, 9.17) is 4.52 Å². The second-order valence-corrected chi connectivity index (χ2v) is 5.31. The van der Waals surface area contributed by atoms with Crippen molar-refractivity contribution in [1.29, 1.82) is 0 Å². The maximum atomic E-state index is 5.20. The average molecular weight is 257 g/mol. The van der Waals surface area contributed by atoms with Crippen molar-refractivity contribution in [3.8, 4) is 0 Å². The Bertz CT molecular complexity index is 511. The van der Waals surface area contributed by atoms with Gasteiger partial charge >= 0.3 is 0 Å². The normalized spacial score (nSPS) is 24.5. The quantitative estimate of drug-likeness (QED) is 0.913. The summed E-state index contributed by atoms with van der Waals surface area (Å²) < 4.78 is 5.20. The molecular weight excluding hydrogens is 238 g/mol. The van der Waals surface area contributed by atoms with Crippen molar-refractivity contribution < 1.29 is 4.52 Å². The first kappa shape index (κ1) is 12.4. The van der Waals surface area contributed by atoms with Crippen LogP contribution in [0.15, 0.2) is 47.1 Å². The lowest BCUT2D eigenvalue weighted by Gasteiger charge is -2.41. The van der Waals surface area contributed by atoms with Gasteiger partial charge in [0.15, 0.2) is 5.76 Å². The first-order chi connectivity index (χ1) is 9.26. The van der Waals surface area contributed by atoms with Crippen LogP contribution in [0.4, 0.5) is 0 Å². The minimum absolute atomic E-state index is 0.000465. The van der Waals surface area contributed by atoms with Crippen molar-refractivity contribution in [2.75, 3.05) is 19.6 Å². The number of rotatable bonds is 3. The van der Waals surface area contributed by atoms with Crippen LogP contribution in [0.5, 0.6) is 0 Å². The summed E-state index contributed by atoms with van der Waals surface area (Å²) in [5.41, 5.74) is 1.33. The number of aromatic nitrogens is 1. The second-order valence-electron chi connectivity index (χ2n) is 5.31. The Balaban J connectivity index is 1.74. The van der Waals surface area contributed by atoms with Crippen LogP contribution >= 0.6 is 0 Å². The summed E-state index contributed by atoms with van der Waals surface area (Å²) in [5, 5.41) is 7.40. The van der Waals surface area contributed by atoms with Gasteiger partial charge in [-0.3, -0.25) is 4.90 Å². The molecule has 1 N–H and O–H groups in total. The molecule has 0 spiro atoms. The fourth-order valence-corrected chi connectivity index (χ4v) is 2.75. The monoisotopic (exact) mass is 257 g/mol. The van der Waals surface area contributed by atoms with Crippen molar-refractivity contribution in [1.82, 2.24) is 15.4 Å². The van der Waals surface area contributed by atoms with Crippen molar-refractivity contribution in [2.45, 2.75) is 19.0 Å². The molecule has 0 bridgehead atoms. The molecule has 100 valence electrons. The molecule has 2 aromatic rings. The van der Waals surface area contributed by atoms with Crippen molar-refractivity contribution in [3.05, 3.63) is 53.9 Å². The second kappa shape index (κ2) is 5.15. The van der Waals surface area contributed by atoms with E-state index in [0.29, 0.717) is 0 Å². The zero-order valence-electron chi connectivity index (χ0n) is 11.2. The van der Waals surface area contributed by atoms with Gasteiger partial charge in [-0.2, -0.15) is 0 Å². The fraction of sp³-hybridized carbons (Fsp3) is 0.400. The molecule has 1 fully saturated rings. The molecule has 1 atom stereocenters. The van der Waals surface area contributed by atoms with Crippen LogP contribution in [0, 0.1) is 0 Å². The topological polar surface area (TPSA) is 41.3 Å². The van der Waals surface area contributed by atoms with Gasteiger partial charge < -0.3 is 9.84 Å². The third-order valence-corrected chi connectivity index (χ3v) is 3.76. The van der Waals surface area contributed by atoms with Gasteiger partial charge in [-0.25, -0.2) is 0 Å². The van der Waals surface area contributed by atoms with Crippen LogP contribution in [0.3, 0.4) is 0 Å². The zero-order chi connectivity index (χ0) is 13.1. The van der Waals surface area contributed by atoms with E-state index in [2.05, 4.69) is 52.6 Å². The van der Waals surface area contributed by atoms with E-state index in [1.165, 1.54) is 5.56 Å². The predicted molar refractivity (Wildman–Crippen MR) is 73.6 cm³/mol. The molecule has 1 aromatic carbocycles. The van der Waals surface area contributed by atoms with Crippen LogP contribution in [-0.4, -0.2) is 29.7 Å². The highest BCUT2D eigenvalue weighted by Gasteiger charge is 2.32. The number of hydrogen-bond donors (Lipinski definition) is 1. The highest BCUT2D eigenvalue weighted by atomic mass is 16.5. The average Bonchev–Trinajstić information content (AvgIpc) is 2.93. The van der Waals surface area contributed by atoms with E-state index >= 15 is 0 Å². The minimum Gasteiger partial charge on any atom is -0.360 e. The number of benzene rings is 1.